The fourth-order valence-corrected chi connectivity index (χ4v) is 1.63. The lowest BCUT2D eigenvalue weighted by molar-refractivity contribution is 0.606. The fourth-order valence-electron chi connectivity index (χ4n) is 0.680. The lowest BCUT2D eigenvalue weighted by atomic mass is 10.4. The molecule has 0 spiro atoms. The maximum atomic E-state index is 10.7. The van der Waals surface area contributed by atoms with Crippen LogP contribution in [0.3, 0.4) is 0 Å². The molecule has 0 aromatic rings. The highest BCUT2D eigenvalue weighted by Crippen LogP contribution is 2.07. The van der Waals surface area contributed by atoms with Crippen LogP contribution >= 0.6 is 0 Å². The Morgan fingerprint density at radius 2 is 2.00 bits per heavy atom. The SMILES string of the molecule is C/C=C(\CC)S(C)(=O)=O. The van der Waals surface area contributed by atoms with Crippen molar-refractivity contribution in [1.82, 2.24) is 0 Å². The number of allylic oxidation sites excluding steroid dienone is 2. The molecule has 0 aliphatic heterocycles. The first-order valence-electron chi connectivity index (χ1n) is 2.87. The second-order valence-corrected chi connectivity index (χ2v) is 3.95. The number of rotatable bonds is 2. The Kier molecular flexibility index (Phi) is 2.91. The summed E-state index contributed by atoms with van der Waals surface area (Å²) >= 11 is 0. The molecule has 2 nitrogen and oxygen atoms in total. The fraction of sp³-hybridized carbons (Fsp3) is 0.667. The zero-order valence-electron chi connectivity index (χ0n) is 6.01. The largest absolute Gasteiger partial charge is 0.224 e. The van der Waals surface area contributed by atoms with E-state index in [2.05, 4.69) is 0 Å². The van der Waals surface area contributed by atoms with Crippen molar-refractivity contribution in [2.45, 2.75) is 20.3 Å². The molecular formula is C6H12O2S. The average Bonchev–Trinajstić information content (AvgIpc) is 1.65. The third-order valence-electron chi connectivity index (χ3n) is 1.15. The van der Waals surface area contributed by atoms with Crippen LogP contribution in [0.1, 0.15) is 20.3 Å². The Morgan fingerprint density at radius 1 is 1.56 bits per heavy atom. The van der Waals surface area contributed by atoms with Gasteiger partial charge in [-0.3, -0.25) is 0 Å². The molecule has 0 aliphatic carbocycles. The molecule has 0 unspecified atom stereocenters. The van der Waals surface area contributed by atoms with E-state index in [0.29, 0.717) is 11.3 Å². The smallest absolute Gasteiger partial charge is 0.171 e. The Hall–Kier alpha value is -0.310. The van der Waals surface area contributed by atoms with Crippen LogP contribution in [-0.2, 0) is 9.84 Å². The predicted octanol–water partition coefficient (Wildman–Crippen LogP) is 1.34. The quantitative estimate of drug-likeness (QED) is 0.592. The van der Waals surface area contributed by atoms with Crippen molar-refractivity contribution in [2.24, 2.45) is 0 Å². The van der Waals surface area contributed by atoms with Crippen molar-refractivity contribution in [3.05, 3.63) is 11.0 Å². The standard InChI is InChI=1S/C6H12O2S/c1-4-6(5-2)9(3,7)8/h4H,5H2,1-3H3/b6-4+. The Labute approximate surface area is 56.5 Å². The molecule has 0 N–H and O–H groups in total. The Bertz CT molecular complexity index is 199. The van der Waals surface area contributed by atoms with Crippen LogP contribution in [0, 0.1) is 0 Å². The summed E-state index contributed by atoms with van der Waals surface area (Å²) in [5.74, 6) is 0. The molecule has 9 heavy (non-hydrogen) atoms. The van der Waals surface area contributed by atoms with E-state index in [1.54, 1.807) is 13.0 Å². The van der Waals surface area contributed by atoms with Crippen molar-refractivity contribution in [2.75, 3.05) is 6.26 Å². The van der Waals surface area contributed by atoms with Crippen LogP contribution in [0.25, 0.3) is 0 Å². The lowest BCUT2D eigenvalue weighted by Crippen LogP contribution is -1.98. The number of hydrogen-bond acceptors (Lipinski definition) is 2. The molecule has 0 aromatic carbocycles. The molecule has 0 heterocycles. The number of hydrogen-bond donors (Lipinski definition) is 0. The van der Waals surface area contributed by atoms with E-state index in [1.807, 2.05) is 6.92 Å². The van der Waals surface area contributed by atoms with Crippen LogP contribution in [-0.4, -0.2) is 14.7 Å². The minimum Gasteiger partial charge on any atom is -0.224 e. The van der Waals surface area contributed by atoms with E-state index in [1.165, 1.54) is 6.26 Å². The van der Waals surface area contributed by atoms with Gasteiger partial charge in [0.2, 0.25) is 0 Å². The summed E-state index contributed by atoms with van der Waals surface area (Å²) in [4.78, 5) is 0.516. The highest BCUT2D eigenvalue weighted by atomic mass is 32.2. The molecule has 0 atom stereocenters. The van der Waals surface area contributed by atoms with E-state index >= 15 is 0 Å². The highest BCUT2D eigenvalue weighted by Gasteiger charge is 2.05. The summed E-state index contributed by atoms with van der Waals surface area (Å²) in [5, 5.41) is 0. The maximum Gasteiger partial charge on any atom is 0.171 e. The summed E-state index contributed by atoms with van der Waals surface area (Å²) in [6, 6.07) is 0. The summed E-state index contributed by atoms with van der Waals surface area (Å²) in [6.07, 6.45) is 3.45. The van der Waals surface area contributed by atoms with Gasteiger partial charge >= 0.3 is 0 Å². The monoisotopic (exact) mass is 148 g/mol. The zero-order valence-corrected chi connectivity index (χ0v) is 6.83. The van der Waals surface area contributed by atoms with Crippen molar-refractivity contribution < 1.29 is 8.42 Å². The molecule has 0 aliphatic rings. The molecule has 0 amide bonds. The second kappa shape index (κ2) is 3.01. The highest BCUT2D eigenvalue weighted by molar-refractivity contribution is 7.94. The lowest BCUT2D eigenvalue weighted by Gasteiger charge is -1.97. The molecule has 0 bridgehead atoms. The summed E-state index contributed by atoms with van der Waals surface area (Å²) in [7, 11) is -2.90. The first-order valence-corrected chi connectivity index (χ1v) is 4.76. The van der Waals surface area contributed by atoms with E-state index < -0.39 is 9.84 Å². The molecule has 54 valence electrons. The van der Waals surface area contributed by atoms with Gasteiger partial charge in [-0.05, 0) is 13.3 Å². The van der Waals surface area contributed by atoms with Gasteiger partial charge in [0.25, 0.3) is 0 Å². The molecule has 0 saturated heterocycles. The van der Waals surface area contributed by atoms with E-state index in [9.17, 15) is 8.42 Å². The van der Waals surface area contributed by atoms with Gasteiger partial charge in [-0.15, -0.1) is 0 Å². The summed E-state index contributed by atoms with van der Waals surface area (Å²) in [5.41, 5.74) is 0. The van der Waals surface area contributed by atoms with E-state index in [0.717, 1.165) is 0 Å². The molecule has 0 saturated carbocycles. The Morgan fingerprint density at radius 3 is 2.00 bits per heavy atom. The van der Waals surface area contributed by atoms with E-state index in [4.69, 9.17) is 0 Å². The normalized spacial score (nSPS) is 13.9. The predicted molar refractivity (Wildman–Crippen MR) is 38.9 cm³/mol. The van der Waals surface area contributed by atoms with Gasteiger partial charge < -0.3 is 0 Å². The second-order valence-electron chi connectivity index (χ2n) is 1.88. The van der Waals surface area contributed by atoms with Crippen molar-refractivity contribution in [3.63, 3.8) is 0 Å². The van der Waals surface area contributed by atoms with Gasteiger partial charge in [0.15, 0.2) is 9.84 Å². The van der Waals surface area contributed by atoms with Crippen LogP contribution in [0.15, 0.2) is 11.0 Å². The van der Waals surface area contributed by atoms with E-state index in [-0.39, 0.29) is 0 Å². The summed E-state index contributed by atoms with van der Waals surface area (Å²) < 4.78 is 21.5. The van der Waals surface area contributed by atoms with Gasteiger partial charge in [-0.1, -0.05) is 13.0 Å². The number of sulfone groups is 1. The van der Waals surface area contributed by atoms with Gasteiger partial charge in [-0.25, -0.2) is 8.42 Å². The topological polar surface area (TPSA) is 34.1 Å². The molecule has 0 rings (SSSR count). The minimum absolute atomic E-state index is 0.516. The third kappa shape index (κ3) is 2.65. The maximum absolute atomic E-state index is 10.7. The van der Waals surface area contributed by atoms with Crippen molar-refractivity contribution >= 4 is 9.84 Å². The van der Waals surface area contributed by atoms with Crippen LogP contribution in [0.5, 0.6) is 0 Å². The molecule has 3 heteroatoms. The van der Waals surface area contributed by atoms with Gasteiger partial charge in [0.1, 0.15) is 0 Å². The third-order valence-corrected chi connectivity index (χ3v) is 2.62. The summed E-state index contributed by atoms with van der Waals surface area (Å²) in [6.45, 7) is 3.57. The van der Waals surface area contributed by atoms with Gasteiger partial charge in [0, 0.05) is 11.2 Å². The zero-order chi connectivity index (χ0) is 7.49. The first-order chi connectivity index (χ1) is 4.02. The molecule has 0 aromatic heterocycles. The van der Waals surface area contributed by atoms with Gasteiger partial charge in [0.05, 0.1) is 0 Å². The van der Waals surface area contributed by atoms with Crippen LogP contribution < -0.4 is 0 Å². The molecule has 0 fully saturated rings. The van der Waals surface area contributed by atoms with Gasteiger partial charge in [-0.2, -0.15) is 0 Å². The van der Waals surface area contributed by atoms with Crippen LogP contribution in [0.4, 0.5) is 0 Å². The average molecular weight is 148 g/mol. The van der Waals surface area contributed by atoms with Crippen LogP contribution in [0.2, 0.25) is 0 Å². The molecule has 0 radical (unpaired) electrons. The Balaban J connectivity index is 4.56. The first kappa shape index (κ1) is 8.69. The minimum atomic E-state index is -2.90. The van der Waals surface area contributed by atoms with Crippen molar-refractivity contribution in [1.29, 1.82) is 0 Å². The molecular weight excluding hydrogens is 136 g/mol. The van der Waals surface area contributed by atoms with Crippen molar-refractivity contribution in [3.8, 4) is 0 Å².